The number of anilines is 1. The van der Waals surface area contributed by atoms with Crippen molar-refractivity contribution in [3.05, 3.63) is 47.7 Å². The van der Waals surface area contributed by atoms with Crippen molar-refractivity contribution in [2.45, 2.75) is 69.1 Å². The van der Waals surface area contributed by atoms with E-state index in [0.717, 1.165) is 19.4 Å². The second-order valence-corrected chi connectivity index (χ2v) is 13.9. The number of carbonyl (C=O) groups excluding carboxylic acids is 1. The van der Waals surface area contributed by atoms with Crippen LogP contribution in [0.1, 0.15) is 51.0 Å². The van der Waals surface area contributed by atoms with Crippen molar-refractivity contribution in [1.82, 2.24) is 25.2 Å². The molecule has 3 atom stereocenters. The third-order valence-electron chi connectivity index (χ3n) is 10.5. The van der Waals surface area contributed by atoms with E-state index in [9.17, 15) is 14.3 Å². The number of phenols is 1. The number of benzene rings is 2. The summed E-state index contributed by atoms with van der Waals surface area (Å²) in [7, 11) is 0. The Labute approximate surface area is 275 Å². The van der Waals surface area contributed by atoms with E-state index in [0.29, 0.717) is 72.9 Å². The third kappa shape index (κ3) is 5.32. The molecule has 48 heavy (non-hydrogen) atoms. The van der Waals surface area contributed by atoms with E-state index in [-0.39, 0.29) is 48.2 Å². The number of alkyl carbamates (subject to hydrolysis) is 1. The lowest BCUT2D eigenvalue weighted by atomic mass is 9.91. The van der Waals surface area contributed by atoms with Crippen molar-refractivity contribution in [3.63, 3.8) is 0 Å². The quantitative estimate of drug-likeness (QED) is 0.281. The number of aromatic nitrogens is 3. The number of fused-ring (bicyclic) bond motifs is 7. The molecule has 3 fully saturated rings. The van der Waals surface area contributed by atoms with Gasteiger partial charge in [-0.2, -0.15) is 9.97 Å². The molecule has 0 aliphatic carbocycles. The number of piperidine rings is 1. The summed E-state index contributed by atoms with van der Waals surface area (Å²) in [6, 6.07) is 5.64. The highest BCUT2D eigenvalue weighted by Gasteiger charge is 2.49. The molecule has 10 nitrogen and oxygen atoms in total. The summed E-state index contributed by atoms with van der Waals surface area (Å²) in [4.78, 5) is 30.9. The monoisotopic (exact) mass is 662 g/mol. The van der Waals surface area contributed by atoms with Gasteiger partial charge < -0.3 is 24.8 Å². The van der Waals surface area contributed by atoms with Crippen molar-refractivity contribution in [2.75, 3.05) is 44.3 Å². The lowest BCUT2D eigenvalue weighted by Gasteiger charge is -2.41. The van der Waals surface area contributed by atoms with Crippen LogP contribution in [0.4, 0.5) is 23.8 Å². The van der Waals surface area contributed by atoms with Crippen LogP contribution < -0.4 is 15.0 Å². The number of rotatable bonds is 3. The van der Waals surface area contributed by atoms with Gasteiger partial charge in [-0.25, -0.2) is 18.0 Å². The fourth-order valence-corrected chi connectivity index (χ4v) is 8.31. The summed E-state index contributed by atoms with van der Waals surface area (Å²) in [5.74, 6) is -1.02. The number of alkyl halides is 1. The Hall–Kier alpha value is -4.39. The predicted octanol–water partition coefficient (Wildman–Crippen LogP) is 5.82. The fourth-order valence-electron chi connectivity index (χ4n) is 8.31. The summed E-state index contributed by atoms with van der Waals surface area (Å²) in [5, 5.41) is 14.9. The van der Waals surface area contributed by atoms with Crippen LogP contribution in [0, 0.1) is 11.6 Å². The van der Waals surface area contributed by atoms with E-state index in [4.69, 9.17) is 14.5 Å². The summed E-state index contributed by atoms with van der Waals surface area (Å²) in [6.45, 7) is 4.20. The van der Waals surface area contributed by atoms with E-state index in [1.54, 1.807) is 0 Å². The number of carbonyl (C=O) groups is 1. The third-order valence-corrected chi connectivity index (χ3v) is 10.5. The number of halogens is 3. The van der Waals surface area contributed by atoms with E-state index < -0.39 is 35.0 Å². The highest BCUT2D eigenvalue weighted by Crippen LogP contribution is 2.42. The zero-order valence-electron chi connectivity index (χ0n) is 26.7. The molecule has 0 radical (unpaired) electrons. The molecule has 0 unspecified atom stereocenters. The van der Waals surface area contributed by atoms with Crippen LogP contribution in [0.25, 0.3) is 32.9 Å². The normalized spacial score (nSPS) is 26.1. The molecule has 252 valence electrons. The summed E-state index contributed by atoms with van der Waals surface area (Å²) in [5.41, 5.74) is -0.821. The van der Waals surface area contributed by atoms with Crippen molar-refractivity contribution < 1.29 is 32.5 Å². The number of aromatic hydroxyl groups is 1. The van der Waals surface area contributed by atoms with Gasteiger partial charge in [0, 0.05) is 37.8 Å². The molecule has 3 saturated heterocycles. The number of pyridine rings is 1. The van der Waals surface area contributed by atoms with Gasteiger partial charge in [-0.1, -0.05) is 6.07 Å². The Kier molecular flexibility index (Phi) is 7.50. The maximum atomic E-state index is 17.0. The summed E-state index contributed by atoms with van der Waals surface area (Å²) < 4.78 is 58.7. The molecule has 0 saturated carbocycles. The number of amides is 1. The first-order chi connectivity index (χ1) is 23.1. The van der Waals surface area contributed by atoms with Gasteiger partial charge in [0.1, 0.15) is 41.4 Å². The molecule has 5 aliphatic rings. The maximum Gasteiger partial charge on any atom is 0.407 e. The van der Waals surface area contributed by atoms with Crippen LogP contribution in [-0.2, 0) is 11.2 Å². The predicted molar refractivity (Wildman–Crippen MR) is 173 cm³/mol. The molecule has 9 rings (SSSR count). The molecular formula is C35H37F3N6O4. The van der Waals surface area contributed by atoms with E-state index >= 15 is 8.78 Å². The van der Waals surface area contributed by atoms with Crippen molar-refractivity contribution in [2.24, 2.45) is 0 Å². The van der Waals surface area contributed by atoms with Gasteiger partial charge in [0.2, 0.25) is 0 Å². The molecule has 4 aromatic rings. The SMILES string of the molecule is C[C@@]12CCCN(C1)c1nc(OC[C@@]34CCCN3C[C@H](F)C4)nc3c(F)c(ncc13)-c1cc(O)cc3ccc(F)c(c13)CCCOC(=O)N2. The molecule has 13 heteroatoms. The van der Waals surface area contributed by atoms with Crippen molar-refractivity contribution in [1.29, 1.82) is 0 Å². The summed E-state index contributed by atoms with van der Waals surface area (Å²) >= 11 is 0. The Morgan fingerprint density at radius 2 is 2.00 bits per heavy atom. The first-order valence-electron chi connectivity index (χ1n) is 16.6. The fraction of sp³-hybridized carbons (Fsp3) is 0.486. The van der Waals surface area contributed by atoms with E-state index in [1.165, 1.54) is 30.5 Å². The van der Waals surface area contributed by atoms with E-state index in [2.05, 4.69) is 20.2 Å². The van der Waals surface area contributed by atoms with Crippen LogP contribution in [0.3, 0.4) is 0 Å². The molecule has 6 bridgehead atoms. The topological polar surface area (TPSA) is 113 Å². The number of nitrogens with zero attached hydrogens (tertiary/aromatic N) is 5. The molecule has 0 spiro atoms. The number of phenolic OH excluding ortho intramolecular Hbond substituents is 1. The highest BCUT2D eigenvalue weighted by molar-refractivity contribution is 6.01. The smallest absolute Gasteiger partial charge is 0.407 e. The largest absolute Gasteiger partial charge is 0.508 e. The number of hydrogen-bond donors (Lipinski definition) is 2. The Bertz CT molecular complexity index is 1950. The Morgan fingerprint density at radius 1 is 1.15 bits per heavy atom. The first kappa shape index (κ1) is 30.9. The number of ether oxygens (including phenoxy) is 2. The van der Waals surface area contributed by atoms with Gasteiger partial charge in [0.15, 0.2) is 5.82 Å². The minimum Gasteiger partial charge on any atom is -0.508 e. The number of aryl methyl sites for hydroxylation is 1. The van der Waals surface area contributed by atoms with Gasteiger partial charge in [-0.05, 0) is 86.5 Å². The van der Waals surface area contributed by atoms with Gasteiger partial charge in [-0.3, -0.25) is 9.88 Å². The number of nitrogens with one attached hydrogen (secondary N) is 1. The second kappa shape index (κ2) is 11.6. The van der Waals surface area contributed by atoms with Crippen LogP contribution in [0.2, 0.25) is 0 Å². The minimum atomic E-state index is -0.943. The van der Waals surface area contributed by atoms with Crippen LogP contribution in [0.15, 0.2) is 30.5 Å². The average molecular weight is 663 g/mol. The van der Waals surface area contributed by atoms with Crippen LogP contribution in [0.5, 0.6) is 11.8 Å². The molecular weight excluding hydrogens is 625 g/mol. The number of hydrogen-bond acceptors (Lipinski definition) is 9. The summed E-state index contributed by atoms with van der Waals surface area (Å²) in [6.07, 6.45) is 3.94. The molecule has 2 aromatic carbocycles. The van der Waals surface area contributed by atoms with Crippen LogP contribution in [-0.4, -0.2) is 87.7 Å². The first-order valence-corrected chi connectivity index (χ1v) is 16.6. The van der Waals surface area contributed by atoms with Gasteiger partial charge in [0.25, 0.3) is 0 Å². The Morgan fingerprint density at radius 3 is 2.88 bits per heavy atom. The van der Waals surface area contributed by atoms with Gasteiger partial charge in [-0.15, -0.1) is 0 Å². The highest BCUT2D eigenvalue weighted by atomic mass is 19.1. The van der Waals surface area contributed by atoms with Gasteiger partial charge >= 0.3 is 12.1 Å². The molecule has 1 amide bonds. The van der Waals surface area contributed by atoms with E-state index in [1.807, 2.05) is 11.8 Å². The zero-order valence-corrected chi connectivity index (χ0v) is 26.7. The van der Waals surface area contributed by atoms with Gasteiger partial charge in [0.05, 0.1) is 23.1 Å². The molecule has 5 aliphatic heterocycles. The Balaban J connectivity index is 1.31. The molecule has 7 heterocycles. The molecule has 2 aromatic heterocycles. The second-order valence-electron chi connectivity index (χ2n) is 13.9. The standard InChI is InChI=1S/C35H37F3N6O4/c1-34-8-3-10-43(18-34)31-25-16-39-29(28(38)30(25)40-32(41-31)48-19-35-9-4-11-44(35)17-21(36)15-35)24-14-22(45)13-20-6-7-26(37)23(27(20)24)5-2-12-47-33(46)42-34/h6-7,13-14,16,21,45H,2-5,8-12,15,17-19H2,1H3,(H,42,46)/t21-,34-,35+/m1/s1. The zero-order chi connectivity index (χ0) is 33.2. The lowest BCUT2D eigenvalue weighted by Crippen LogP contribution is -2.57. The van der Waals surface area contributed by atoms with Crippen molar-refractivity contribution in [3.8, 4) is 23.0 Å². The van der Waals surface area contributed by atoms with Crippen LogP contribution >= 0.6 is 0 Å². The lowest BCUT2D eigenvalue weighted by molar-refractivity contribution is 0.107. The maximum absolute atomic E-state index is 17.0. The minimum absolute atomic E-state index is 0.0449. The molecule has 2 N–H and O–H groups in total. The average Bonchev–Trinajstić information content (AvgIpc) is 3.57. The van der Waals surface area contributed by atoms with Crippen molar-refractivity contribution >= 4 is 33.6 Å².